The molecule has 1 saturated heterocycles. The van der Waals surface area contributed by atoms with Crippen LogP contribution in [0.5, 0.6) is 0 Å². The fourth-order valence-electron chi connectivity index (χ4n) is 3.45. The van der Waals surface area contributed by atoms with Gasteiger partial charge >= 0.3 is 5.97 Å². The van der Waals surface area contributed by atoms with Crippen molar-refractivity contribution in [1.82, 2.24) is 0 Å². The SMILES string of the molecule is CC1C(C(=O)OC2CCCCC2)CCC2OC21. The summed E-state index contributed by atoms with van der Waals surface area (Å²) in [5.74, 6) is 0.476. The Balaban J connectivity index is 1.54. The lowest BCUT2D eigenvalue weighted by molar-refractivity contribution is -0.158. The van der Waals surface area contributed by atoms with Crippen LogP contribution < -0.4 is 0 Å². The molecule has 0 aromatic heterocycles. The van der Waals surface area contributed by atoms with E-state index < -0.39 is 0 Å². The molecule has 3 nitrogen and oxygen atoms in total. The Kier molecular flexibility index (Phi) is 3.12. The van der Waals surface area contributed by atoms with E-state index in [2.05, 4.69) is 6.92 Å². The number of carbonyl (C=O) groups excluding carboxylic acids is 1. The van der Waals surface area contributed by atoms with Crippen LogP contribution in [-0.2, 0) is 14.3 Å². The molecule has 17 heavy (non-hydrogen) atoms. The zero-order chi connectivity index (χ0) is 11.8. The van der Waals surface area contributed by atoms with E-state index in [-0.39, 0.29) is 18.0 Å². The third-order valence-corrected chi connectivity index (χ3v) is 4.67. The summed E-state index contributed by atoms with van der Waals surface area (Å²) >= 11 is 0. The minimum Gasteiger partial charge on any atom is -0.462 e. The average molecular weight is 238 g/mol. The first-order chi connectivity index (χ1) is 8.25. The van der Waals surface area contributed by atoms with Crippen LogP contribution >= 0.6 is 0 Å². The van der Waals surface area contributed by atoms with Crippen molar-refractivity contribution in [2.75, 3.05) is 0 Å². The predicted octanol–water partition coefficient (Wildman–Crippen LogP) is 2.68. The van der Waals surface area contributed by atoms with Gasteiger partial charge in [-0.1, -0.05) is 13.3 Å². The fraction of sp³-hybridized carbons (Fsp3) is 0.929. The largest absolute Gasteiger partial charge is 0.462 e. The van der Waals surface area contributed by atoms with Crippen LogP contribution in [0.3, 0.4) is 0 Å². The zero-order valence-electron chi connectivity index (χ0n) is 10.6. The highest BCUT2D eigenvalue weighted by Crippen LogP contribution is 2.44. The monoisotopic (exact) mass is 238 g/mol. The van der Waals surface area contributed by atoms with Crippen LogP contribution in [-0.4, -0.2) is 24.3 Å². The first kappa shape index (κ1) is 11.5. The van der Waals surface area contributed by atoms with Crippen molar-refractivity contribution in [2.24, 2.45) is 11.8 Å². The Morgan fingerprint density at radius 3 is 2.65 bits per heavy atom. The molecule has 4 unspecified atom stereocenters. The molecule has 0 aromatic carbocycles. The van der Waals surface area contributed by atoms with Crippen LogP contribution in [0, 0.1) is 11.8 Å². The standard InChI is InChI=1S/C14H22O3/c1-9-11(7-8-12-13(9)17-12)14(15)16-10-5-3-2-4-6-10/h9-13H,2-8H2,1H3. The number of rotatable bonds is 2. The van der Waals surface area contributed by atoms with Gasteiger partial charge < -0.3 is 9.47 Å². The summed E-state index contributed by atoms with van der Waals surface area (Å²) in [5.41, 5.74) is 0. The number of hydrogen-bond acceptors (Lipinski definition) is 3. The predicted molar refractivity (Wildman–Crippen MR) is 63.5 cm³/mol. The molecule has 0 aromatic rings. The van der Waals surface area contributed by atoms with E-state index in [1.165, 1.54) is 19.3 Å². The molecular formula is C14H22O3. The number of esters is 1. The molecule has 0 radical (unpaired) electrons. The van der Waals surface area contributed by atoms with Gasteiger partial charge in [0, 0.05) is 0 Å². The van der Waals surface area contributed by atoms with E-state index in [1.54, 1.807) is 0 Å². The lowest BCUT2D eigenvalue weighted by atomic mass is 9.80. The fourth-order valence-corrected chi connectivity index (χ4v) is 3.45. The highest BCUT2D eigenvalue weighted by atomic mass is 16.6. The van der Waals surface area contributed by atoms with Crippen molar-refractivity contribution in [3.63, 3.8) is 0 Å². The summed E-state index contributed by atoms with van der Waals surface area (Å²) in [5, 5.41) is 0. The third kappa shape index (κ3) is 2.35. The second-order valence-electron chi connectivity index (χ2n) is 5.88. The zero-order valence-corrected chi connectivity index (χ0v) is 10.6. The van der Waals surface area contributed by atoms with Crippen LogP contribution in [0.15, 0.2) is 0 Å². The first-order valence-electron chi connectivity index (χ1n) is 7.11. The number of ether oxygens (including phenoxy) is 2. The Bertz CT molecular complexity index is 296. The summed E-state index contributed by atoms with van der Waals surface area (Å²) < 4.78 is 11.2. The molecule has 3 heteroatoms. The van der Waals surface area contributed by atoms with Crippen molar-refractivity contribution in [2.45, 2.75) is 70.2 Å². The van der Waals surface area contributed by atoms with Gasteiger partial charge in [0.1, 0.15) is 6.10 Å². The summed E-state index contributed by atoms with van der Waals surface area (Å²) in [6.45, 7) is 2.14. The smallest absolute Gasteiger partial charge is 0.309 e. The van der Waals surface area contributed by atoms with E-state index in [9.17, 15) is 4.79 Å². The van der Waals surface area contributed by atoms with E-state index in [0.717, 1.165) is 25.7 Å². The Morgan fingerprint density at radius 1 is 1.12 bits per heavy atom. The molecular weight excluding hydrogens is 216 g/mol. The molecule has 0 bridgehead atoms. The molecule has 0 spiro atoms. The molecule has 2 aliphatic carbocycles. The molecule has 0 amide bonds. The molecule has 3 rings (SSSR count). The highest BCUT2D eigenvalue weighted by molar-refractivity contribution is 5.73. The molecule has 1 aliphatic heterocycles. The van der Waals surface area contributed by atoms with E-state index in [4.69, 9.17) is 9.47 Å². The van der Waals surface area contributed by atoms with Gasteiger partial charge in [-0.25, -0.2) is 0 Å². The lowest BCUT2D eigenvalue weighted by Crippen LogP contribution is -2.34. The summed E-state index contributed by atoms with van der Waals surface area (Å²) in [7, 11) is 0. The maximum atomic E-state index is 12.2. The molecule has 1 heterocycles. The second kappa shape index (κ2) is 4.60. The summed E-state index contributed by atoms with van der Waals surface area (Å²) in [6, 6.07) is 0. The molecule has 96 valence electrons. The van der Waals surface area contributed by atoms with E-state index in [0.29, 0.717) is 18.1 Å². The van der Waals surface area contributed by atoms with Crippen LogP contribution in [0.25, 0.3) is 0 Å². The van der Waals surface area contributed by atoms with Crippen LogP contribution in [0.4, 0.5) is 0 Å². The van der Waals surface area contributed by atoms with Crippen LogP contribution in [0.2, 0.25) is 0 Å². The Morgan fingerprint density at radius 2 is 1.88 bits per heavy atom. The summed E-state index contributed by atoms with van der Waals surface area (Å²) in [6.07, 6.45) is 8.83. The van der Waals surface area contributed by atoms with Crippen molar-refractivity contribution >= 4 is 5.97 Å². The molecule has 2 saturated carbocycles. The minimum atomic E-state index is 0.0401. The summed E-state index contributed by atoms with van der Waals surface area (Å²) in [4.78, 5) is 12.2. The van der Waals surface area contributed by atoms with Crippen molar-refractivity contribution in [1.29, 1.82) is 0 Å². The van der Waals surface area contributed by atoms with Gasteiger partial charge in [0.2, 0.25) is 0 Å². The number of hydrogen-bond donors (Lipinski definition) is 0. The topological polar surface area (TPSA) is 38.8 Å². The average Bonchev–Trinajstić information content (AvgIpc) is 3.11. The Hall–Kier alpha value is -0.570. The quantitative estimate of drug-likeness (QED) is 0.548. The molecule has 4 atom stereocenters. The van der Waals surface area contributed by atoms with Gasteiger partial charge in [0.05, 0.1) is 18.1 Å². The van der Waals surface area contributed by atoms with Crippen molar-refractivity contribution in [3.8, 4) is 0 Å². The van der Waals surface area contributed by atoms with Crippen molar-refractivity contribution in [3.05, 3.63) is 0 Å². The highest BCUT2D eigenvalue weighted by Gasteiger charge is 2.51. The van der Waals surface area contributed by atoms with Gasteiger partial charge in [0.25, 0.3) is 0 Å². The first-order valence-corrected chi connectivity index (χ1v) is 7.11. The van der Waals surface area contributed by atoms with Gasteiger partial charge in [-0.2, -0.15) is 0 Å². The molecule has 3 aliphatic rings. The van der Waals surface area contributed by atoms with Gasteiger partial charge in [-0.15, -0.1) is 0 Å². The number of epoxide rings is 1. The normalized spacial score (nSPS) is 41.7. The third-order valence-electron chi connectivity index (χ3n) is 4.67. The maximum absolute atomic E-state index is 12.2. The van der Waals surface area contributed by atoms with Crippen LogP contribution in [0.1, 0.15) is 51.9 Å². The number of carbonyl (C=O) groups is 1. The van der Waals surface area contributed by atoms with Gasteiger partial charge in [0.15, 0.2) is 0 Å². The molecule has 0 N–H and O–H groups in total. The van der Waals surface area contributed by atoms with E-state index in [1.807, 2.05) is 0 Å². The lowest BCUT2D eigenvalue weighted by Gasteiger charge is -2.28. The minimum absolute atomic E-state index is 0.0401. The van der Waals surface area contributed by atoms with E-state index >= 15 is 0 Å². The number of fused-ring (bicyclic) bond motifs is 1. The second-order valence-corrected chi connectivity index (χ2v) is 5.88. The van der Waals surface area contributed by atoms with Gasteiger partial charge in [-0.05, 0) is 44.4 Å². The van der Waals surface area contributed by atoms with Crippen molar-refractivity contribution < 1.29 is 14.3 Å². The van der Waals surface area contributed by atoms with Gasteiger partial charge in [-0.3, -0.25) is 4.79 Å². The Labute approximate surface area is 103 Å². The maximum Gasteiger partial charge on any atom is 0.309 e. The molecule has 3 fully saturated rings.